The van der Waals surface area contributed by atoms with E-state index in [0.29, 0.717) is 5.69 Å². The van der Waals surface area contributed by atoms with Gasteiger partial charge in [0.15, 0.2) is 0 Å². The smallest absolute Gasteiger partial charge is 0.339 e. The quantitative estimate of drug-likeness (QED) is 0.522. The van der Waals surface area contributed by atoms with Gasteiger partial charge in [-0.2, -0.15) is 5.10 Å². The van der Waals surface area contributed by atoms with Gasteiger partial charge in [-0.1, -0.05) is 0 Å². The first-order valence-electron chi connectivity index (χ1n) is 4.59. The number of aromatic carboxylic acids is 1. The van der Waals surface area contributed by atoms with Crippen molar-refractivity contribution in [3.63, 3.8) is 0 Å². The first kappa shape index (κ1) is 10.8. The van der Waals surface area contributed by atoms with E-state index in [2.05, 4.69) is 10.2 Å². The van der Waals surface area contributed by atoms with Crippen molar-refractivity contribution in [2.24, 2.45) is 0 Å². The molecule has 88 valence electrons. The van der Waals surface area contributed by atoms with Gasteiger partial charge in [0, 0.05) is 17.7 Å². The Bertz CT molecular complexity index is 591. The maximum atomic E-state index is 10.8. The molecule has 0 atom stereocenters. The van der Waals surface area contributed by atoms with Crippen molar-refractivity contribution in [2.45, 2.75) is 0 Å². The minimum atomic E-state index is -1.30. The van der Waals surface area contributed by atoms with Crippen LogP contribution in [0.25, 0.3) is 11.3 Å². The Kier molecular flexibility index (Phi) is 2.36. The van der Waals surface area contributed by atoms with Gasteiger partial charge < -0.3 is 21.1 Å². The molecule has 2 aromatic rings. The number of benzene rings is 1. The highest BCUT2D eigenvalue weighted by atomic mass is 16.4. The fourth-order valence-corrected chi connectivity index (χ4v) is 1.44. The van der Waals surface area contributed by atoms with Crippen LogP contribution < -0.4 is 5.73 Å². The average molecular weight is 235 g/mol. The number of carboxylic acids is 1. The van der Waals surface area contributed by atoms with E-state index >= 15 is 0 Å². The molecule has 0 aliphatic heterocycles. The number of carboxylic acid groups (broad SMARTS) is 1. The summed E-state index contributed by atoms with van der Waals surface area (Å²) >= 11 is 0. The molecule has 0 bridgehead atoms. The van der Waals surface area contributed by atoms with Gasteiger partial charge in [0.1, 0.15) is 22.9 Å². The number of anilines is 1. The predicted octanol–water partition coefficient (Wildman–Crippen LogP) is 0.768. The summed E-state index contributed by atoms with van der Waals surface area (Å²) in [6.07, 6.45) is 0. The molecule has 0 fully saturated rings. The molecule has 0 amide bonds. The van der Waals surface area contributed by atoms with Crippen LogP contribution >= 0.6 is 0 Å². The monoisotopic (exact) mass is 235 g/mol. The van der Waals surface area contributed by atoms with Crippen LogP contribution in [0.15, 0.2) is 18.2 Å². The van der Waals surface area contributed by atoms with Crippen molar-refractivity contribution >= 4 is 11.8 Å². The molecule has 1 aromatic heterocycles. The number of nitrogens with one attached hydrogen (secondary N) is 1. The second kappa shape index (κ2) is 3.71. The lowest BCUT2D eigenvalue weighted by molar-refractivity contribution is 0.0694. The normalized spacial score (nSPS) is 10.4. The molecule has 6 N–H and O–H groups in total. The maximum Gasteiger partial charge on any atom is 0.339 e. The van der Waals surface area contributed by atoms with Gasteiger partial charge in [-0.3, -0.25) is 5.10 Å². The second-order valence-electron chi connectivity index (χ2n) is 3.40. The van der Waals surface area contributed by atoms with E-state index in [0.717, 1.165) is 12.1 Å². The first-order chi connectivity index (χ1) is 7.99. The van der Waals surface area contributed by atoms with E-state index in [1.165, 1.54) is 6.07 Å². The lowest BCUT2D eigenvalue weighted by atomic mass is 10.1. The highest BCUT2D eigenvalue weighted by Crippen LogP contribution is 2.34. The summed E-state index contributed by atoms with van der Waals surface area (Å²) in [6.45, 7) is 0. The molecule has 7 nitrogen and oxygen atoms in total. The highest BCUT2D eigenvalue weighted by molar-refractivity contribution is 5.93. The number of phenolic OH excluding ortho intramolecular Hbond substituents is 1. The highest BCUT2D eigenvalue weighted by Gasteiger charge is 2.16. The van der Waals surface area contributed by atoms with Crippen molar-refractivity contribution < 1.29 is 20.1 Å². The molecule has 7 heteroatoms. The maximum absolute atomic E-state index is 10.8. The van der Waals surface area contributed by atoms with Crippen LogP contribution in [-0.2, 0) is 0 Å². The number of nitrogens with zero attached hydrogens (tertiary/aromatic N) is 1. The molecule has 0 radical (unpaired) electrons. The number of phenols is 2. The van der Waals surface area contributed by atoms with Gasteiger partial charge in [-0.05, 0) is 6.07 Å². The molecular weight excluding hydrogens is 226 g/mol. The number of H-pyrrole nitrogens is 1. The second-order valence-corrected chi connectivity index (χ2v) is 3.40. The number of carbonyl (C=O) groups is 1. The molecule has 0 aliphatic carbocycles. The molecule has 0 spiro atoms. The number of rotatable bonds is 2. The molecule has 0 saturated heterocycles. The molecule has 1 heterocycles. The molecule has 1 aromatic carbocycles. The summed E-state index contributed by atoms with van der Waals surface area (Å²) in [4.78, 5) is 10.8. The number of hydrogen-bond acceptors (Lipinski definition) is 5. The molecular formula is C10H9N3O4. The number of aromatic hydroxyl groups is 2. The van der Waals surface area contributed by atoms with Gasteiger partial charge in [0.25, 0.3) is 0 Å². The van der Waals surface area contributed by atoms with E-state index in [1.54, 1.807) is 0 Å². The topological polar surface area (TPSA) is 132 Å². The van der Waals surface area contributed by atoms with E-state index in [-0.39, 0.29) is 22.7 Å². The van der Waals surface area contributed by atoms with Crippen LogP contribution in [0.5, 0.6) is 11.5 Å². The van der Waals surface area contributed by atoms with Crippen LogP contribution in [-0.4, -0.2) is 31.5 Å². The lowest BCUT2D eigenvalue weighted by Crippen LogP contribution is -1.97. The zero-order chi connectivity index (χ0) is 12.6. The van der Waals surface area contributed by atoms with E-state index in [1.807, 2.05) is 0 Å². The molecule has 0 saturated carbocycles. The summed E-state index contributed by atoms with van der Waals surface area (Å²) < 4.78 is 0. The van der Waals surface area contributed by atoms with Crippen molar-refractivity contribution in [1.29, 1.82) is 0 Å². The van der Waals surface area contributed by atoms with Crippen molar-refractivity contribution in [3.05, 3.63) is 23.8 Å². The Morgan fingerprint density at radius 3 is 2.47 bits per heavy atom. The Labute approximate surface area is 95.1 Å². The molecule has 17 heavy (non-hydrogen) atoms. The van der Waals surface area contributed by atoms with Crippen molar-refractivity contribution in [3.8, 4) is 22.8 Å². The van der Waals surface area contributed by atoms with Crippen LogP contribution in [0.1, 0.15) is 10.4 Å². The van der Waals surface area contributed by atoms with Crippen LogP contribution in [0.4, 0.5) is 5.82 Å². The Morgan fingerprint density at radius 2 is 1.94 bits per heavy atom. The minimum absolute atomic E-state index is 0.199. The van der Waals surface area contributed by atoms with Gasteiger partial charge in [0.2, 0.25) is 0 Å². The third-order valence-electron chi connectivity index (χ3n) is 2.23. The summed E-state index contributed by atoms with van der Waals surface area (Å²) in [7, 11) is 0. The minimum Gasteiger partial charge on any atom is -0.507 e. The molecule has 0 unspecified atom stereocenters. The third kappa shape index (κ3) is 1.85. The summed E-state index contributed by atoms with van der Waals surface area (Å²) in [5.41, 5.74) is 5.65. The zero-order valence-electron chi connectivity index (χ0n) is 8.51. The van der Waals surface area contributed by atoms with Gasteiger partial charge in [-0.25, -0.2) is 4.79 Å². The van der Waals surface area contributed by atoms with Crippen LogP contribution in [0.2, 0.25) is 0 Å². The van der Waals surface area contributed by atoms with Crippen molar-refractivity contribution in [1.82, 2.24) is 10.2 Å². The Hall–Kier alpha value is -2.70. The Balaban J connectivity index is 2.62. The molecule has 2 rings (SSSR count). The van der Waals surface area contributed by atoms with E-state index in [9.17, 15) is 15.0 Å². The standard InChI is InChI=1S/C10H9N3O4/c11-9-2-6(12-13-9)4-1-5(10(16)17)8(15)3-7(4)14/h1-3,14-15H,(H,16,17)(H3,11,12,13). The van der Waals surface area contributed by atoms with E-state index < -0.39 is 11.7 Å². The fraction of sp³-hybridized carbons (Fsp3) is 0. The summed E-state index contributed by atoms with van der Waals surface area (Å²) in [5, 5.41) is 34.0. The van der Waals surface area contributed by atoms with Gasteiger partial charge in [-0.15, -0.1) is 0 Å². The lowest BCUT2D eigenvalue weighted by Gasteiger charge is -2.05. The van der Waals surface area contributed by atoms with Crippen molar-refractivity contribution in [2.75, 3.05) is 5.73 Å². The fourth-order valence-electron chi connectivity index (χ4n) is 1.44. The number of nitrogen functional groups attached to an aromatic ring is 1. The zero-order valence-corrected chi connectivity index (χ0v) is 8.51. The Morgan fingerprint density at radius 1 is 1.24 bits per heavy atom. The molecule has 0 aliphatic rings. The first-order valence-corrected chi connectivity index (χ1v) is 4.59. The largest absolute Gasteiger partial charge is 0.507 e. The number of aromatic amines is 1. The van der Waals surface area contributed by atoms with Gasteiger partial charge in [0.05, 0.1) is 5.69 Å². The number of hydrogen-bond donors (Lipinski definition) is 5. The average Bonchev–Trinajstić information content (AvgIpc) is 2.64. The van der Waals surface area contributed by atoms with E-state index in [4.69, 9.17) is 10.8 Å². The van der Waals surface area contributed by atoms with Gasteiger partial charge >= 0.3 is 5.97 Å². The SMILES string of the molecule is Nc1cc(-c2cc(C(=O)O)c(O)cc2O)[nH]n1. The third-order valence-corrected chi connectivity index (χ3v) is 2.23. The van der Waals surface area contributed by atoms with Crippen LogP contribution in [0.3, 0.4) is 0 Å². The van der Waals surface area contributed by atoms with Crippen LogP contribution in [0, 0.1) is 0 Å². The summed E-state index contributed by atoms with van der Waals surface area (Å²) in [6, 6.07) is 3.54. The predicted molar refractivity (Wildman–Crippen MR) is 58.7 cm³/mol. The number of nitrogens with two attached hydrogens (primary N) is 1. The summed E-state index contributed by atoms with van der Waals surface area (Å²) in [5.74, 6) is -1.86. The number of aromatic nitrogens is 2.